The molecule has 3 rings (SSSR count). The standard InChI is InChI=1S/C16H26N2O15P2/c1-6-4-18(16(24)17-14(6)23)10-3-8(19)9(31-10)5-29-34(25,26)33-35(27,28)32-15-13(22)12(21)11(20)7(2)30-15/h4,7-13,15,19-22H,3,5H2,1-2H3,(H,25,26)(H,27,28)(H,17,23,24)/p-2/t7-,8+,9-,10-,11-,12-,13-,15-/m1/s1. The number of aromatic amines is 1. The minimum Gasteiger partial charge on any atom is -0.756 e. The van der Waals surface area contributed by atoms with Crippen molar-refractivity contribution in [2.45, 2.75) is 69.4 Å². The lowest BCUT2D eigenvalue weighted by Gasteiger charge is -2.41. The van der Waals surface area contributed by atoms with Crippen LogP contribution in [-0.4, -0.2) is 79.5 Å². The van der Waals surface area contributed by atoms with E-state index in [9.17, 15) is 48.9 Å². The van der Waals surface area contributed by atoms with Crippen LogP contribution in [0.3, 0.4) is 0 Å². The zero-order valence-corrected chi connectivity index (χ0v) is 20.0. The molecule has 3 heterocycles. The SMILES string of the molecule is Cc1cn([C@H]2C[C@H](O)[C@@H](COP(=O)([O-])OP(=O)([O-])O[C@H]3O[C@H](C)[C@@H](O)[C@@H](O)[C@H]3O)O2)c(=O)[nH]c1=O. The molecular weight excluding hydrogens is 522 g/mol. The van der Waals surface area contributed by atoms with E-state index < -0.39 is 82.6 Å². The molecule has 1 aromatic heterocycles. The maximum absolute atomic E-state index is 12.0. The summed E-state index contributed by atoms with van der Waals surface area (Å²) in [5.74, 6) is 0. The Labute approximate surface area is 196 Å². The zero-order valence-electron chi connectivity index (χ0n) is 18.2. The van der Waals surface area contributed by atoms with Gasteiger partial charge in [-0.15, -0.1) is 0 Å². The van der Waals surface area contributed by atoms with Crippen molar-refractivity contribution < 1.29 is 62.2 Å². The summed E-state index contributed by atoms with van der Waals surface area (Å²) in [4.78, 5) is 49.5. The van der Waals surface area contributed by atoms with Gasteiger partial charge in [-0.05, 0) is 13.8 Å². The third-order valence-electron chi connectivity index (χ3n) is 5.30. The Kier molecular flexibility index (Phi) is 8.56. The van der Waals surface area contributed by atoms with Crippen LogP contribution < -0.4 is 21.0 Å². The van der Waals surface area contributed by atoms with Crippen molar-refractivity contribution in [2.24, 2.45) is 0 Å². The number of aromatic nitrogens is 2. The highest BCUT2D eigenvalue weighted by atomic mass is 31.3. The first-order valence-corrected chi connectivity index (χ1v) is 13.0. The summed E-state index contributed by atoms with van der Waals surface area (Å²) in [5, 5.41) is 39.2. The van der Waals surface area contributed by atoms with Crippen LogP contribution >= 0.6 is 15.6 Å². The first kappa shape index (κ1) is 28.3. The Balaban J connectivity index is 1.59. The number of phosphoric acid groups is 2. The van der Waals surface area contributed by atoms with Gasteiger partial charge in [-0.1, -0.05) is 0 Å². The predicted octanol–water partition coefficient (Wildman–Crippen LogP) is -3.69. The maximum Gasteiger partial charge on any atom is 0.330 e. The molecule has 1 aromatic rings. The molecule has 2 aliphatic rings. The number of hydrogen-bond donors (Lipinski definition) is 5. The minimum absolute atomic E-state index is 0.175. The topological polar surface area (TPSA) is 262 Å². The molecule has 0 aliphatic carbocycles. The molecule has 0 bridgehead atoms. The molecule has 0 radical (unpaired) electrons. The summed E-state index contributed by atoms with van der Waals surface area (Å²) in [7, 11) is -11.4. The summed E-state index contributed by atoms with van der Waals surface area (Å²) in [6.07, 6.45) is -11.5. The van der Waals surface area contributed by atoms with E-state index >= 15 is 0 Å². The minimum atomic E-state index is -5.76. The van der Waals surface area contributed by atoms with Crippen molar-refractivity contribution in [3.05, 3.63) is 32.6 Å². The van der Waals surface area contributed by atoms with Crippen LogP contribution in [0.5, 0.6) is 0 Å². The molecular formula is C16H24N2O15P2-2. The highest BCUT2D eigenvalue weighted by Crippen LogP contribution is 2.57. The second-order valence-electron chi connectivity index (χ2n) is 7.97. The van der Waals surface area contributed by atoms with Gasteiger partial charge in [0.05, 0.1) is 18.8 Å². The van der Waals surface area contributed by atoms with Gasteiger partial charge in [0.1, 0.15) is 30.6 Å². The van der Waals surface area contributed by atoms with Gasteiger partial charge in [-0.25, -0.2) is 9.11 Å². The normalized spacial score (nSPS) is 37.0. The van der Waals surface area contributed by atoms with Crippen LogP contribution in [0.2, 0.25) is 0 Å². The summed E-state index contributed by atoms with van der Waals surface area (Å²) in [6, 6.07) is 0. The highest BCUT2D eigenvalue weighted by molar-refractivity contribution is 7.59. The molecule has 35 heavy (non-hydrogen) atoms. The van der Waals surface area contributed by atoms with Gasteiger partial charge >= 0.3 is 5.69 Å². The quantitative estimate of drug-likeness (QED) is 0.197. The second kappa shape index (κ2) is 10.6. The first-order chi connectivity index (χ1) is 16.1. The van der Waals surface area contributed by atoms with Gasteiger partial charge in [0.2, 0.25) is 0 Å². The van der Waals surface area contributed by atoms with Crippen LogP contribution in [0.4, 0.5) is 0 Å². The Bertz CT molecular complexity index is 1120. The number of aliphatic hydroxyl groups excluding tert-OH is 4. The van der Waals surface area contributed by atoms with Crippen molar-refractivity contribution in [1.29, 1.82) is 0 Å². The van der Waals surface area contributed by atoms with Crippen molar-refractivity contribution in [1.82, 2.24) is 9.55 Å². The van der Waals surface area contributed by atoms with Crippen LogP contribution in [0.1, 0.15) is 25.1 Å². The second-order valence-corrected chi connectivity index (χ2v) is 10.9. The molecule has 0 amide bonds. The highest BCUT2D eigenvalue weighted by Gasteiger charge is 2.44. The monoisotopic (exact) mass is 546 g/mol. The smallest absolute Gasteiger partial charge is 0.330 e. The van der Waals surface area contributed by atoms with E-state index in [0.29, 0.717) is 0 Å². The van der Waals surface area contributed by atoms with Crippen molar-refractivity contribution >= 4 is 15.6 Å². The molecule has 2 aliphatic heterocycles. The molecule has 17 nitrogen and oxygen atoms in total. The molecule has 0 saturated carbocycles. The number of nitrogens with zero attached hydrogens (tertiary/aromatic N) is 1. The molecule has 2 fully saturated rings. The largest absolute Gasteiger partial charge is 0.756 e. The molecule has 10 atom stereocenters. The Hall–Kier alpha value is -1.30. The number of aryl methyl sites for hydroxylation is 1. The van der Waals surface area contributed by atoms with Crippen LogP contribution in [0.25, 0.3) is 0 Å². The van der Waals surface area contributed by atoms with Gasteiger partial charge in [0.25, 0.3) is 21.2 Å². The van der Waals surface area contributed by atoms with Crippen LogP contribution in [0.15, 0.2) is 15.8 Å². The lowest BCUT2D eigenvalue weighted by atomic mass is 10.0. The molecule has 0 spiro atoms. The van der Waals surface area contributed by atoms with E-state index in [-0.39, 0.29) is 12.0 Å². The fraction of sp³-hybridized carbons (Fsp3) is 0.750. The number of rotatable bonds is 8. The number of phosphoric ester groups is 2. The summed E-state index contributed by atoms with van der Waals surface area (Å²) in [6.45, 7) is 1.74. The summed E-state index contributed by atoms with van der Waals surface area (Å²) in [5.41, 5.74) is -1.28. The van der Waals surface area contributed by atoms with Gasteiger partial charge < -0.3 is 44.2 Å². The number of H-pyrrole nitrogens is 1. The van der Waals surface area contributed by atoms with Gasteiger partial charge in [0.15, 0.2) is 6.29 Å². The first-order valence-electron chi connectivity index (χ1n) is 10.1. The molecule has 19 heteroatoms. The fourth-order valence-corrected chi connectivity index (χ4v) is 5.47. The fourth-order valence-electron chi connectivity index (χ4n) is 3.39. The molecule has 0 aromatic carbocycles. The van der Waals surface area contributed by atoms with E-state index in [1.54, 1.807) is 0 Å². The van der Waals surface area contributed by atoms with Crippen molar-refractivity contribution in [3.8, 4) is 0 Å². The summed E-state index contributed by atoms with van der Waals surface area (Å²) < 4.78 is 48.0. The van der Waals surface area contributed by atoms with E-state index in [0.717, 1.165) is 4.57 Å². The Morgan fingerprint density at radius 1 is 1.11 bits per heavy atom. The average molecular weight is 546 g/mol. The van der Waals surface area contributed by atoms with E-state index in [4.69, 9.17) is 9.47 Å². The van der Waals surface area contributed by atoms with Gasteiger partial charge in [0, 0.05) is 18.2 Å². The predicted molar refractivity (Wildman–Crippen MR) is 106 cm³/mol. The summed E-state index contributed by atoms with van der Waals surface area (Å²) >= 11 is 0. The third-order valence-corrected chi connectivity index (χ3v) is 7.83. The number of aliphatic hydroxyl groups is 4. The molecule has 2 saturated heterocycles. The van der Waals surface area contributed by atoms with Crippen molar-refractivity contribution in [2.75, 3.05) is 6.61 Å². The zero-order chi connectivity index (χ0) is 26.3. The molecule has 5 N–H and O–H groups in total. The van der Waals surface area contributed by atoms with Crippen LogP contribution in [-0.2, 0) is 32.0 Å². The van der Waals surface area contributed by atoms with Crippen molar-refractivity contribution in [3.63, 3.8) is 0 Å². The van der Waals surface area contributed by atoms with Crippen LogP contribution in [0, 0.1) is 6.92 Å². The lowest BCUT2D eigenvalue weighted by Crippen LogP contribution is -2.57. The van der Waals surface area contributed by atoms with Gasteiger partial charge in [-0.2, -0.15) is 0 Å². The van der Waals surface area contributed by atoms with E-state index in [1.165, 1.54) is 20.0 Å². The van der Waals surface area contributed by atoms with E-state index in [2.05, 4.69) is 13.4 Å². The number of hydrogen-bond acceptors (Lipinski definition) is 15. The number of ether oxygens (including phenoxy) is 2. The van der Waals surface area contributed by atoms with Gasteiger partial charge in [-0.3, -0.25) is 28.0 Å². The van der Waals surface area contributed by atoms with E-state index in [1.807, 2.05) is 4.98 Å². The maximum atomic E-state index is 12.0. The third kappa shape index (κ3) is 6.72. The molecule has 200 valence electrons. The Morgan fingerprint density at radius 2 is 1.77 bits per heavy atom. The Morgan fingerprint density at radius 3 is 2.43 bits per heavy atom. The lowest BCUT2D eigenvalue weighted by molar-refractivity contribution is -0.299. The molecule has 2 unspecified atom stereocenters. The number of nitrogens with one attached hydrogen (secondary N) is 1. The average Bonchev–Trinajstić information content (AvgIpc) is 3.11.